The van der Waals surface area contributed by atoms with Crippen LogP contribution in [0.1, 0.15) is 37.9 Å². The van der Waals surface area contributed by atoms with Gasteiger partial charge in [0, 0.05) is 49.3 Å². The second kappa shape index (κ2) is 5.70. The van der Waals surface area contributed by atoms with E-state index in [-0.39, 0.29) is 0 Å². The van der Waals surface area contributed by atoms with Gasteiger partial charge in [-0.2, -0.15) is 0 Å². The fourth-order valence-electron chi connectivity index (χ4n) is 2.17. The van der Waals surface area contributed by atoms with E-state index in [0.717, 1.165) is 18.2 Å². The first-order chi connectivity index (χ1) is 8.56. The average molecular weight is 247 g/mol. The largest absolute Gasteiger partial charge is 0.374 e. The summed E-state index contributed by atoms with van der Waals surface area (Å²) in [4.78, 5) is 6.82. The molecule has 2 rings (SSSR count). The second-order valence-corrected chi connectivity index (χ2v) is 5.81. The lowest BCUT2D eigenvalue weighted by Crippen LogP contribution is -2.26. The maximum atomic E-state index is 4.43. The molecule has 100 valence electrons. The van der Waals surface area contributed by atoms with E-state index in [4.69, 9.17) is 0 Å². The molecule has 1 N–H and O–H groups in total. The molecule has 0 atom stereocenters. The van der Waals surface area contributed by atoms with Gasteiger partial charge in [-0.15, -0.1) is 0 Å². The number of hydrogen-bond acceptors (Lipinski definition) is 3. The number of nitrogens with one attached hydrogen (secondary N) is 1. The molecule has 1 heterocycles. The smallest absolute Gasteiger partial charge is 0.0443 e. The van der Waals surface area contributed by atoms with Crippen LogP contribution < -0.4 is 10.2 Å². The molecule has 0 unspecified atom stereocenters. The Labute approximate surface area is 111 Å². The number of hydrogen-bond donors (Lipinski definition) is 1. The average Bonchev–Trinajstić information content (AvgIpc) is 3.11. The van der Waals surface area contributed by atoms with E-state index in [1.807, 2.05) is 6.20 Å². The Morgan fingerprint density at radius 1 is 1.44 bits per heavy atom. The van der Waals surface area contributed by atoms with Crippen LogP contribution in [-0.2, 0) is 6.54 Å². The fourth-order valence-corrected chi connectivity index (χ4v) is 2.17. The Balaban J connectivity index is 2.10. The number of pyridine rings is 1. The van der Waals surface area contributed by atoms with Gasteiger partial charge in [0.15, 0.2) is 0 Å². The highest BCUT2D eigenvalue weighted by Gasteiger charge is 2.23. The van der Waals surface area contributed by atoms with Gasteiger partial charge in [0.25, 0.3) is 0 Å². The van der Waals surface area contributed by atoms with Crippen molar-refractivity contribution in [2.45, 2.75) is 46.2 Å². The Morgan fingerprint density at radius 3 is 2.78 bits per heavy atom. The third kappa shape index (κ3) is 3.70. The van der Waals surface area contributed by atoms with Crippen LogP contribution in [-0.4, -0.2) is 24.6 Å². The third-order valence-electron chi connectivity index (χ3n) is 3.44. The number of nitrogens with zero attached hydrogens (tertiary/aromatic N) is 2. The van der Waals surface area contributed by atoms with E-state index >= 15 is 0 Å². The van der Waals surface area contributed by atoms with Gasteiger partial charge in [-0.05, 0) is 31.7 Å². The third-order valence-corrected chi connectivity index (χ3v) is 3.44. The summed E-state index contributed by atoms with van der Waals surface area (Å²) in [5, 5.41) is 3.48. The number of aromatic nitrogens is 1. The van der Waals surface area contributed by atoms with Gasteiger partial charge in [-0.25, -0.2) is 0 Å². The van der Waals surface area contributed by atoms with Crippen LogP contribution in [0.25, 0.3) is 0 Å². The summed E-state index contributed by atoms with van der Waals surface area (Å²) < 4.78 is 0. The molecule has 1 aromatic rings. The molecule has 1 aliphatic rings. The monoisotopic (exact) mass is 247 g/mol. The zero-order valence-corrected chi connectivity index (χ0v) is 12.0. The van der Waals surface area contributed by atoms with Crippen molar-refractivity contribution in [1.82, 2.24) is 10.3 Å². The van der Waals surface area contributed by atoms with E-state index in [1.54, 1.807) is 0 Å². The van der Waals surface area contributed by atoms with Crippen LogP contribution in [0.2, 0.25) is 0 Å². The molecule has 0 saturated heterocycles. The Bertz CT molecular complexity index is 397. The van der Waals surface area contributed by atoms with Crippen LogP contribution >= 0.6 is 0 Å². The van der Waals surface area contributed by atoms with E-state index in [1.165, 1.54) is 30.6 Å². The lowest BCUT2D eigenvalue weighted by Gasteiger charge is -2.23. The van der Waals surface area contributed by atoms with Gasteiger partial charge in [-0.1, -0.05) is 13.8 Å². The molecule has 0 aliphatic heterocycles. The summed E-state index contributed by atoms with van der Waals surface area (Å²) in [6.07, 6.45) is 4.81. The van der Waals surface area contributed by atoms with Crippen molar-refractivity contribution in [3.05, 3.63) is 23.5 Å². The molecule has 0 bridgehead atoms. The van der Waals surface area contributed by atoms with E-state index in [0.29, 0.717) is 6.04 Å². The molecule has 0 amide bonds. The summed E-state index contributed by atoms with van der Waals surface area (Å²) in [5.74, 6) is 0.911. The van der Waals surface area contributed by atoms with Crippen molar-refractivity contribution in [1.29, 1.82) is 0 Å². The van der Waals surface area contributed by atoms with Gasteiger partial charge >= 0.3 is 0 Å². The number of rotatable bonds is 6. The van der Waals surface area contributed by atoms with Gasteiger partial charge in [-0.3, -0.25) is 4.98 Å². The van der Waals surface area contributed by atoms with E-state index in [9.17, 15) is 0 Å². The topological polar surface area (TPSA) is 28.2 Å². The molecule has 1 aliphatic carbocycles. The zero-order chi connectivity index (χ0) is 13.1. The van der Waals surface area contributed by atoms with Crippen LogP contribution in [0, 0.1) is 12.8 Å². The Kier molecular flexibility index (Phi) is 4.23. The predicted octanol–water partition coefficient (Wildman–Crippen LogP) is 2.73. The molecule has 0 aromatic carbocycles. The molecular formula is C15H25N3. The van der Waals surface area contributed by atoms with Crippen molar-refractivity contribution >= 4 is 5.69 Å². The van der Waals surface area contributed by atoms with Gasteiger partial charge in [0.05, 0.1) is 0 Å². The minimum Gasteiger partial charge on any atom is -0.374 e. The van der Waals surface area contributed by atoms with Gasteiger partial charge in [0.1, 0.15) is 0 Å². The van der Waals surface area contributed by atoms with Crippen LogP contribution in [0.3, 0.4) is 0 Å². The minimum absolute atomic E-state index is 0.507. The summed E-state index contributed by atoms with van der Waals surface area (Å²) >= 11 is 0. The zero-order valence-electron chi connectivity index (χ0n) is 12.0. The Morgan fingerprint density at radius 2 is 2.17 bits per heavy atom. The van der Waals surface area contributed by atoms with E-state index < -0.39 is 0 Å². The van der Waals surface area contributed by atoms with Gasteiger partial charge in [0.2, 0.25) is 0 Å². The summed E-state index contributed by atoms with van der Waals surface area (Å²) in [6, 6.07) is 2.72. The molecule has 3 heteroatoms. The van der Waals surface area contributed by atoms with Crippen molar-refractivity contribution in [3.8, 4) is 0 Å². The van der Waals surface area contributed by atoms with E-state index in [2.05, 4.69) is 49.1 Å². The van der Waals surface area contributed by atoms with Crippen molar-refractivity contribution in [3.63, 3.8) is 0 Å². The number of anilines is 1. The molecule has 3 nitrogen and oxygen atoms in total. The highest BCUT2D eigenvalue weighted by molar-refractivity contribution is 5.53. The van der Waals surface area contributed by atoms with Crippen molar-refractivity contribution < 1.29 is 0 Å². The molecule has 0 spiro atoms. The first kappa shape index (κ1) is 13.3. The molecule has 0 radical (unpaired) electrons. The standard InChI is InChI=1S/C15H25N3/c1-11(2)16-8-14-9-17-12(3)7-15(14)18(4)10-13-5-6-13/h7,9,11,13,16H,5-6,8,10H2,1-4H3. The summed E-state index contributed by atoms with van der Waals surface area (Å²) in [7, 11) is 2.20. The number of aryl methyl sites for hydroxylation is 1. The fraction of sp³-hybridized carbons (Fsp3) is 0.667. The second-order valence-electron chi connectivity index (χ2n) is 5.81. The Hall–Kier alpha value is -1.09. The predicted molar refractivity (Wildman–Crippen MR) is 76.9 cm³/mol. The first-order valence-corrected chi connectivity index (χ1v) is 6.96. The van der Waals surface area contributed by atoms with Crippen LogP contribution in [0.4, 0.5) is 5.69 Å². The van der Waals surface area contributed by atoms with Crippen LogP contribution in [0.15, 0.2) is 12.3 Å². The van der Waals surface area contributed by atoms with Crippen LogP contribution in [0.5, 0.6) is 0 Å². The molecule has 18 heavy (non-hydrogen) atoms. The molecule has 1 saturated carbocycles. The quantitative estimate of drug-likeness (QED) is 0.838. The molecule has 1 aromatic heterocycles. The minimum atomic E-state index is 0.507. The van der Waals surface area contributed by atoms with Crippen molar-refractivity contribution in [2.75, 3.05) is 18.5 Å². The maximum absolute atomic E-state index is 4.43. The highest BCUT2D eigenvalue weighted by Crippen LogP contribution is 2.31. The molecular weight excluding hydrogens is 222 g/mol. The van der Waals surface area contributed by atoms with Crippen molar-refractivity contribution in [2.24, 2.45) is 5.92 Å². The summed E-state index contributed by atoms with van der Waals surface area (Å²) in [5.41, 5.74) is 3.74. The lowest BCUT2D eigenvalue weighted by atomic mass is 10.1. The lowest BCUT2D eigenvalue weighted by molar-refractivity contribution is 0.587. The summed E-state index contributed by atoms with van der Waals surface area (Å²) in [6.45, 7) is 8.49. The van der Waals surface area contributed by atoms with Gasteiger partial charge < -0.3 is 10.2 Å². The molecule has 1 fully saturated rings. The normalized spacial score (nSPS) is 15.2. The SMILES string of the molecule is Cc1cc(N(C)CC2CC2)c(CNC(C)C)cn1. The highest BCUT2D eigenvalue weighted by atomic mass is 15.1. The maximum Gasteiger partial charge on any atom is 0.0443 e. The first-order valence-electron chi connectivity index (χ1n) is 6.96.